The maximum atomic E-state index is 12.9. The highest BCUT2D eigenvalue weighted by Gasteiger charge is 2.31. The van der Waals surface area contributed by atoms with Crippen molar-refractivity contribution in [3.63, 3.8) is 0 Å². The Kier molecular flexibility index (Phi) is 4.38. The van der Waals surface area contributed by atoms with Gasteiger partial charge in [-0.15, -0.1) is 10.2 Å². The molecule has 2 fully saturated rings. The third kappa shape index (κ3) is 3.36. The number of amides is 1. The Morgan fingerprint density at radius 3 is 2.68 bits per heavy atom. The van der Waals surface area contributed by atoms with Gasteiger partial charge in [0.15, 0.2) is 11.5 Å². The number of anilines is 1. The zero-order chi connectivity index (χ0) is 17.2. The molecular formula is C18H24N6O. The van der Waals surface area contributed by atoms with E-state index in [9.17, 15) is 4.79 Å². The van der Waals surface area contributed by atoms with Crippen molar-refractivity contribution in [2.75, 3.05) is 24.5 Å². The van der Waals surface area contributed by atoms with Crippen LogP contribution in [0.4, 0.5) is 5.82 Å². The standard InChI is InChI=1S/C18H24N6O/c1-14-11-19-23(12-14)13-15-5-4-10-24(15)18(25)16-6-7-17(21-20-16)22-8-2-3-9-22/h6-7,11-12,15H,2-5,8-10,13H2,1H3/t15-/m1/s1. The maximum Gasteiger partial charge on any atom is 0.274 e. The van der Waals surface area contributed by atoms with E-state index >= 15 is 0 Å². The summed E-state index contributed by atoms with van der Waals surface area (Å²) in [6, 6.07) is 3.91. The first-order valence-electron chi connectivity index (χ1n) is 9.09. The van der Waals surface area contributed by atoms with Gasteiger partial charge in [0.1, 0.15) is 0 Å². The van der Waals surface area contributed by atoms with E-state index in [0.717, 1.165) is 50.4 Å². The zero-order valence-electron chi connectivity index (χ0n) is 14.6. The van der Waals surface area contributed by atoms with Gasteiger partial charge in [0.2, 0.25) is 0 Å². The first-order chi connectivity index (χ1) is 12.2. The number of hydrogen-bond donors (Lipinski definition) is 0. The van der Waals surface area contributed by atoms with Gasteiger partial charge in [-0.25, -0.2) is 0 Å². The fourth-order valence-corrected chi connectivity index (χ4v) is 3.78. The van der Waals surface area contributed by atoms with E-state index in [-0.39, 0.29) is 11.9 Å². The average Bonchev–Trinajstić information content (AvgIpc) is 3.37. The van der Waals surface area contributed by atoms with Gasteiger partial charge in [0.05, 0.1) is 18.8 Å². The first-order valence-corrected chi connectivity index (χ1v) is 9.09. The molecule has 4 heterocycles. The number of hydrogen-bond acceptors (Lipinski definition) is 5. The van der Waals surface area contributed by atoms with Crippen molar-refractivity contribution in [2.24, 2.45) is 0 Å². The molecule has 0 spiro atoms. The SMILES string of the molecule is Cc1cnn(C[C@H]2CCCN2C(=O)c2ccc(N3CCCC3)nn2)c1. The minimum atomic E-state index is -0.0214. The minimum absolute atomic E-state index is 0.0214. The molecule has 0 unspecified atom stereocenters. The topological polar surface area (TPSA) is 67.2 Å². The maximum absolute atomic E-state index is 12.9. The van der Waals surface area contributed by atoms with Crippen molar-refractivity contribution >= 4 is 11.7 Å². The number of nitrogens with zero attached hydrogens (tertiary/aromatic N) is 6. The molecule has 2 saturated heterocycles. The summed E-state index contributed by atoms with van der Waals surface area (Å²) >= 11 is 0. The Balaban J connectivity index is 1.45. The molecule has 0 aromatic carbocycles. The summed E-state index contributed by atoms with van der Waals surface area (Å²) in [6.45, 7) is 5.59. The molecule has 2 aliphatic heterocycles. The van der Waals surface area contributed by atoms with Crippen LogP contribution in [0, 0.1) is 6.92 Å². The van der Waals surface area contributed by atoms with E-state index in [1.807, 2.05) is 41.0 Å². The van der Waals surface area contributed by atoms with E-state index in [4.69, 9.17) is 0 Å². The lowest BCUT2D eigenvalue weighted by Gasteiger charge is -2.24. The molecule has 2 aromatic heterocycles. The second kappa shape index (κ2) is 6.82. The highest BCUT2D eigenvalue weighted by molar-refractivity contribution is 5.92. The van der Waals surface area contributed by atoms with E-state index in [0.29, 0.717) is 5.69 Å². The van der Waals surface area contributed by atoms with E-state index in [1.165, 1.54) is 12.8 Å². The average molecular weight is 340 g/mol. The van der Waals surface area contributed by atoms with Gasteiger partial charge in [-0.1, -0.05) is 0 Å². The molecular weight excluding hydrogens is 316 g/mol. The van der Waals surface area contributed by atoms with Gasteiger partial charge in [-0.05, 0) is 50.3 Å². The quantitative estimate of drug-likeness (QED) is 0.850. The van der Waals surface area contributed by atoms with E-state index in [1.54, 1.807) is 0 Å². The Labute approximate surface area is 147 Å². The lowest BCUT2D eigenvalue weighted by atomic mass is 10.2. The predicted octanol–water partition coefficient (Wildman–Crippen LogP) is 1.89. The largest absolute Gasteiger partial charge is 0.355 e. The number of rotatable bonds is 4. The van der Waals surface area contributed by atoms with Crippen molar-refractivity contribution in [1.29, 1.82) is 0 Å². The van der Waals surface area contributed by atoms with Gasteiger partial charge >= 0.3 is 0 Å². The van der Waals surface area contributed by atoms with Crippen LogP contribution < -0.4 is 4.90 Å². The molecule has 0 radical (unpaired) electrons. The van der Waals surface area contributed by atoms with Gasteiger partial charge in [0.25, 0.3) is 5.91 Å². The fourth-order valence-electron chi connectivity index (χ4n) is 3.78. The number of carbonyl (C=O) groups excluding carboxylic acids is 1. The smallest absolute Gasteiger partial charge is 0.274 e. The normalized spacial score (nSPS) is 20.4. The van der Waals surface area contributed by atoms with Crippen molar-refractivity contribution in [2.45, 2.75) is 45.2 Å². The molecule has 0 aliphatic carbocycles. The van der Waals surface area contributed by atoms with Gasteiger partial charge in [-0.3, -0.25) is 9.48 Å². The van der Waals surface area contributed by atoms with Crippen LogP contribution in [0.1, 0.15) is 41.7 Å². The van der Waals surface area contributed by atoms with Crippen molar-refractivity contribution in [3.8, 4) is 0 Å². The van der Waals surface area contributed by atoms with Gasteiger partial charge in [-0.2, -0.15) is 5.10 Å². The summed E-state index contributed by atoms with van der Waals surface area (Å²) in [6.07, 6.45) is 8.30. The van der Waals surface area contributed by atoms with Crippen molar-refractivity contribution in [1.82, 2.24) is 24.9 Å². The summed E-state index contributed by atoms with van der Waals surface area (Å²) < 4.78 is 1.92. The third-order valence-electron chi connectivity index (χ3n) is 5.10. The van der Waals surface area contributed by atoms with Crippen LogP contribution in [0.25, 0.3) is 0 Å². The molecule has 7 nitrogen and oxygen atoms in total. The van der Waals surface area contributed by atoms with Crippen molar-refractivity contribution in [3.05, 3.63) is 35.8 Å². The first kappa shape index (κ1) is 16.1. The molecule has 0 bridgehead atoms. The fraction of sp³-hybridized carbons (Fsp3) is 0.556. The molecule has 2 aromatic rings. The second-order valence-electron chi connectivity index (χ2n) is 7.01. The second-order valence-corrected chi connectivity index (χ2v) is 7.01. The van der Waals surface area contributed by atoms with Crippen LogP contribution >= 0.6 is 0 Å². The summed E-state index contributed by atoms with van der Waals surface area (Å²) in [5.74, 6) is 0.853. The Hall–Kier alpha value is -2.44. The predicted molar refractivity (Wildman–Crippen MR) is 94.5 cm³/mol. The molecule has 132 valence electrons. The summed E-state index contributed by atoms with van der Waals surface area (Å²) in [5, 5.41) is 12.8. The van der Waals surface area contributed by atoms with E-state index < -0.39 is 0 Å². The summed E-state index contributed by atoms with van der Waals surface area (Å²) in [5.41, 5.74) is 1.57. The van der Waals surface area contributed by atoms with Crippen LogP contribution in [0.15, 0.2) is 24.5 Å². The zero-order valence-corrected chi connectivity index (χ0v) is 14.6. The van der Waals surface area contributed by atoms with Crippen LogP contribution in [-0.2, 0) is 6.54 Å². The summed E-state index contributed by atoms with van der Waals surface area (Å²) in [7, 11) is 0. The van der Waals surface area contributed by atoms with Crippen molar-refractivity contribution < 1.29 is 4.79 Å². The number of carbonyl (C=O) groups is 1. The molecule has 1 atom stereocenters. The molecule has 25 heavy (non-hydrogen) atoms. The molecule has 1 amide bonds. The Bertz CT molecular complexity index is 734. The highest BCUT2D eigenvalue weighted by atomic mass is 16.2. The molecule has 2 aliphatic rings. The lowest BCUT2D eigenvalue weighted by Crippen LogP contribution is -2.38. The minimum Gasteiger partial charge on any atom is -0.355 e. The van der Waals surface area contributed by atoms with Gasteiger partial charge in [0, 0.05) is 25.8 Å². The molecule has 0 saturated carbocycles. The van der Waals surface area contributed by atoms with Crippen LogP contribution in [0.5, 0.6) is 0 Å². The van der Waals surface area contributed by atoms with Gasteiger partial charge < -0.3 is 9.80 Å². The Morgan fingerprint density at radius 1 is 1.16 bits per heavy atom. The van der Waals surface area contributed by atoms with Crippen LogP contribution in [-0.4, -0.2) is 56.5 Å². The van der Waals surface area contributed by atoms with Crippen LogP contribution in [0.2, 0.25) is 0 Å². The van der Waals surface area contributed by atoms with E-state index in [2.05, 4.69) is 20.2 Å². The lowest BCUT2D eigenvalue weighted by molar-refractivity contribution is 0.0714. The highest BCUT2D eigenvalue weighted by Crippen LogP contribution is 2.22. The summed E-state index contributed by atoms with van der Waals surface area (Å²) in [4.78, 5) is 17.0. The molecule has 0 N–H and O–H groups in total. The monoisotopic (exact) mass is 340 g/mol. The van der Waals surface area contributed by atoms with Crippen LogP contribution in [0.3, 0.4) is 0 Å². The number of likely N-dealkylation sites (tertiary alicyclic amines) is 1. The Morgan fingerprint density at radius 2 is 2.00 bits per heavy atom. The third-order valence-corrected chi connectivity index (χ3v) is 5.10. The molecule has 7 heteroatoms. The molecule has 4 rings (SSSR count). The number of aromatic nitrogens is 4. The number of aryl methyl sites for hydroxylation is 1.